The molecule has 0 saturated carbocycles. The lowest BCUT2D eigenvalue weighted by Crippen LogP contribution is -1.97. The van der Waals surface area contributed by atoms with Gasteiger partial charge < -0.3 is 9.13 Å². The Bertz CT molecular complexity index is 3320. The number of halogens is 2. The molecular weight excluding hydrogens is 691 g/mol. The average molecular weight is 723 g/mol. The number of rotatable bonds is 4. The van der Waals surface area contributed by atoms with Crippen molar-refractivity contribution in [3.8, 4) is 67.0 Å². The van der Waals surface area contributed by atoms with Crippen LogP contribution in [0.3, 0.4) is 0 Å². The Morgan fingerprint density at radius 2 is 0.768 bits per heavy atom. The standard InChI is InChI=1S/C52H32F2N2/c1-3-55-43-21-11-29(27-7-5-9-31(53)23-27)25-41(43)49-37-17-13-33-36-16-20-40-48-38(18-14-34(46(36)48)35-15-19-39(51(49)55)47(37)45(33)35)50-42-26-30(28-8-6-10-32(54)24-28)12-22-44(42)56(4-2)52(40)50/h5-26H,3-4H2,1-2H3. The van der Waals surface area contributed by atoms with E-state index in [2.05, 4.69) is 108 Å². The first-order valence-corrected chi connectivity index (χ1v) is 19.6. The van der Waals surface area contributed by atoms with Crippen molar-refractivity contribution in [2.24, 2.45) is 0 Å². The highest BCUT2D eigenvalue weighted by molar-refractivity contribution is 6.41. The van der Waals surface area contributed by atoms with Crippen LogP contribution in [0.4, 0.5) is 8.78 Å². The predicted molar refractivity (Wildman–Crippen MR) is 230 cm³/mol. The van der Waals surface area contributed by atoms with Gasteiger partial charge in [-0.1, -0.05) is 84.9 Å². The van der Waals surface area contributed by atoms with Crippen molar-refractivity contribution in [1.82, 2.24) is 9.13 Å². The topological polar surface area (TPSA) is 9.86 Å². The number of aromatic nitrogens is 2. The summed E-state index contributed by atoms with van der Waals surface area (Å²) >= 11 is 0. The molecule has 0 N–H and O–H groups in total. The van der Waals surface area contributed by atoms with Gasteiger partial charge >= 0.3 is 0 Å². The zero-order valence-corrected chi connectivity index (χ0v) is 30.8. The number of nitrogens with zero attached hydrogens (tertiary/aromatic N) is 2. The second kappa shape index (κ2) is 10.5. The number of benzene rings is 9. The highest BCUT2D eigenvalue weighted by Gasteiger charge is 2.33. The van der Waals surface area contributed by atoms with Gasteiger partial charge in [0, 0.05) is 67.9 Å². The van der Waals surface area contributed by atoms with Crippen molar-refractivity contribution in [1.29, 1.82) is 0 Å². The van der Waals surface area contributed by atoms with E-state index in [9.17, 15) is 8.78 Å². The molecule has 11 aromatic rings. The van der Waals surface area contributed by atoms with Gasteiger partial charge in [0.2, 0.25) is 0 Å². The largest absolute Gasteiger partial charge is 0.340 e. The van der Waals surface area contributed by atoms with E-state index in [1.807, 2.05) is 12.1 Å². The number of aryl methyl sites for hydroxylation is 2. The Morgan fingerprint density at radius 1 is 0.375 bits per heavy atom. The van der Waals surface area contributed by atoms with Crippen LogP contribution >= 0.6 is 0 Å². The molecule has 9 aromatic carbocycles. The first-order valence-electron chi connectivity index (χ1n) is 19.6. The Balaban J connectivity index is 1.07. The summed E-state index contributed by atoms with van der Waals surface area (Å²) in [5.74, 6) is -0.447. The average Bonchev–Trinajstić information content (AvgIpc) is 3.94. The molecule has 2 heterocycles. The van der Waals surface area contributed by atoms with E-state index >= 15 is 0 Å². The first kappa shape index (κ1) is 30.5. The molecule has 264 valence electrons. The molecule has 0 amide bonds. The number of hydrogen-bond acceptors (Lipinski definition) is 0. The Labute approximate surface area is 320 Å². The molecule has 0 radical (unpaired) electrons. The molecule has 0 unspecified atom stereocenters. The van der Waals surface area contributed by atoms with Crippen LogP contribution in [-0.4, -0.2) is 9.13 Å². The maximum absolute atomic E-state index is 14.3. The summed E-state index contributed by atoms with van der Waals surface area (Å²) < 4.78 is 33.6. The van der Waals surface area contributed by atoms with Gasteiger partial charge in [0.1, 0.15) is 11.6 Å². The van der Waals surface area contributed by atoms with E-state index < -0.39 is 0 Å². The summed E-state index contributed by atoms with van der Waals surface area (Å²) in [6, 6.07) is 45.8. The van der Waals surface area contributed by atoms with Gasteiger partial charge in [0.25, 0.3) is 0 Å². The first-order chi connectivity index (χ1) is 27.5. The molecule has 0 bridgehead atoms. The third-order valence-electron chi connectivity index (χ3n) is 13.0. The van der Waals surface area contributed by atoms with E-state index in [1.54, 1.807) is 24.3 Å². The highest BCUT2D eigenvalue weighted by Crippen LogP contribution is 2.58. The van der Waals surface area contributed by atoms with Crippen LogP contribution in [0.2, 0.25) is 0 Å². The summed E-state index contributed by atoms with van der Waals surface area (Å²) in [6.07, 6.45) is 0. The summed E-state index contributed by atoms with van der Waals surface area (Å²) in [4.78, 5) is 0. The Kier molecular flexibility index (Phi) is 5.72. The van der Waals surface area contributed by atoms with Crippen molar-refractivity contribution >= 4 is 64.9 Å². The number of fused-ring (bicyclic) bond motifs is 12. The van der Waals surface area contributed by atoms with Crippen LogP contribution in [0.5, 0.6) is 0 Å². The molecule has 0 atom stereocenters. The zero-order valence-electron chi connectivity index (χ0n) is 30.8. The fourth-order valence-corrected chi connectivity index (χ4v) is 10.9. The monoisotopic (exact) mass is 722 g/mol. The van der Waals surface area contributed by atoms with Crippen LogP contribution in [0, 0.1) is 11.6 Å². The predicted octanol–water partition coefficient (Wildman–Crippen LogP) is 14.6. The fraction of sp³-hybridized carbons (Fsp3) is 0.0769. The van der Waals surface area contributed by atoms with Crippen LogP contribution in [0.1, 0.15) is 13.8 Å². The Morgan fingerprint density at radius 3 is 1.16 bits per heavy atom. The maximum Gasteiger partial charge on any atom is 0.123 e. The quantitative estimate of drug-likeness (QED) is 0.126. The minimum atomic E-state index is -0.224. The van der Waals surface area contributed by atoms with Crippen LogP contribution in [0.15, 0.2) is 133 Å². The Hall–Kier alpha value is -6.78. The van der Waals surface area contributed by atoms with Crippen molar-refractivity contribution in [3.63, 3.8) is 0 Å². The van der Waals surface area contributed by atoms with Crippen LogP contribution in [0.25, 0.3) is 132 Å². The molecule has 2 nitrogen and oxygen atoms in total. The van der Waals surface area contributed by atoms with Gasteiger partial charge in [-0.05, 0) is 128 Å². The van der Waals surface area contributed by atoms with E-state index in [0.29, 0.717) is 0 Å². The molecular formula is C52H32F2N2. The lowest BCUT2D eigenvalue weighted by Gasteiger charge is -2.18. The summed E-state index contributed by atoms with van der Waals surface area (Å²) in [6.45, 7) is 6.15. The molecule has 4 heteroatoms. The third kappa shape index (κ3) is 3.61. The highest BCUT2D eigenvalue weighted by atomic mass is 19.1. The van der Waals surface area contributed by atoms with Crippen LogP contribution in [-0.2, 0) is 13.1 Å². The molecule has 0 aliphatic heterocycles. The fourth-order valence-electron chi connectivity index (χ4n) is 10.9. The summed E-state index contributed by atoms with van der Waals surface area (Å²) in [5, 5.41) is 12.8. The van der Waals surface area contributed by atoms with E-state index in [0.717, 1.165) is 35.3 Å². The van der Waals surface area contributed by atoms with Gasteiger partial charge in [0.05, 0.1) is 11.4 Å². The molecule has 0 spiro atoms. The molecule has 2 aromatic heterocycles. The van der Waals surface area contributed by atoms with Gasteiger partial charge in [-0.2, -0.15) is 0 Å². The molecule has 13 rings (SSSR count). The van der Waals surface area contributed by atoms with Gasteiger partial charge in [-0.3, -0.25) is 0 Å². The second-order valence-corrected chi connectivity index (χ2v) is 15.6. The number of hydrogen-bond donors (Lipinski definition) is 0. The third-order valence-corrected chi connectivity index (χ3v) is 13.0. The van der Waals surface area contributed by atoms with Crippen molar-refractivity contribution in [2.75, 3.05) is 0 Å². The lowest BCUT2D eigenvalue weighted by atomic mass is 9.86. The van der Waals surface area contributed by atoms with E-state index in [1.165, 1.54) is 122 Å². The van der Waals surface area contributed by atoms with Crippen LogP contribution < -0.4 is 0 Å². The van der Waals surface area contributed by atoms with Crippen molar-refractivity contribution in [2.45, 2.75) is 26.9 Å². The minimum absolute atomic E-state index is 0.224. The SMILES string of the molecule is CCn1c2c(c3cc(-c4cccc(F)c4)ccc31)-c1ccc3c4ccc5c6c(ccc(c7ccc-2c1c37)c64)-c1c-5n(CC)c2ccc(-c3cccc(F)c3)cc12. The van der Waals surface area contributed by atoms with Gasteiger partial charge in [-0.15, -0.1) is 0 Å². The summed E-state index contributed by atoms with van der Waals surface area (Å²) in [5.41, 5.74) is 16.4. The smallest absolute Gasteiger partial charge is 0.123 e. The molecule has 56 heavy (non-hydrogen) atoms. The van der Waals surface area contributed by atoms with Crippen molar-refractivity contribution in [3.05, 3.63) is 145 Å². The van der Waals surface area contributed by atoms with Crippen molar-refractivity contribution < 1.29 is 8.78 Å². The van der Waals surface area contributed by atoms with E-state index in [4.69, 9.17) is 0 Å². The summed E-state index contributed by atoms with van der Waals surface area (Å²) in [7, 11) is 0. The van der Waals surface area contributed by atoms with Gasteiger partial charge in [0.15, 0.2) is 0 Å². The zero-order chi connectivity index (χ0) is 37.1. The normalized spacial score (nSPS) is 12.8. The lowest BCUT2D eigenvalue weighted by molar-refractivity contribution is 0.628. The molecule has 0 fully saturated rings. The maximum atomic E-state index is 14.3. The second-order valence-electron chi connectivity index (χ2n) is 15.6. The van der Waals surface area contributed by atoms with E-state index in [-0.39, 0.29) is 11.6 Å². The molecule has 0 saturated heterocycles. The molecule has 2 aliphatic rings. The molecule has 2 aliphatic carbocycles. The van der Waals surface area contributed by atoms with Gasteiger partial charge in [-0.25, -0.2) is 8.78 Å². The minimum Gasteiger partial charge on any atom is -0.340 e.